The van der Waals surface area contributed by atoms with Crippen molar-refractivity contribution in [2.75, 3.05) is 34.9 Å². The molecule has 7 heteroatoms. The number of amides is 3. The number of nitrogens with zero attached hydrogens (tertiary/aromatic N) is 1. The van der Waals surface area contributed by atoms with Gasteiger partial charge in [0.2, 0.25) is 0 Å². The zero-order valence-electron chi connectivity index (χ0n) is 15.9. The van der Waals surface area contributed by atoms with Crippen LogP contribution in [0.1, 0.15) is 15.2 Å². The molecule has 0 aliphatic carbocycles. The number of hydrogen-bond donors (Lipinski definition) is 3. The monoisotopic (exact) mass is 394 g/mol. The van der Waals surface area contributed by atoms with Crippen LogP contribution in [0.4, 0.5) is 26.9 Å². The van der Waals surface area contributed by atoms with Crippen molar-refractivity contribution in [2.45, 2.75) is 6.92 Å². The van der Waals surface area contributed by atoms with Crippen molar-refractivity contribution in [1.29, 1.82) is 0 Å². The van der Waals surface area contributed by atoms with Crippen molar-refractivity contribution in [2.24, 2.45) is 0 Å². The molecule has 0 unspecified atom stereocenters. The molecule has 0 aliphatic heterocycles. The van der Waals surface area contributed by atoms with Crippen molar-refractivity contribution in [1.82, 2.24) is 0 Å². The van der Waals surface area contributed by atoms with Crippen molar-refractivity contribution >= 4 is 45.3 Å². The predicted molar refractivity (Wildman–Crippen MR) is 117 cm³/mol. The highest BCUT2D eigenvalue weighted by atomic mass is 32.1. The Morgan fingerprint density at radius 3 is 2.29 bits per heavy atom. The number of hydrogen-bond acceptors (Lipinski definition) is 4. The maximum Gasteiger partial charge on any atom is 0.324 e. The van der Waals surface area contributed by atoms with E-state index in [9.17, 15) is 9.59 Å². The Labute approximate surface area is 168 Å². The number of carbonyl (C=O) groups excluding carboxylic acids is 2. The molecule has 0 spiro atoms. The summed E-state index contributed by atoms with van der Waals surface area (Å²) >= 11 is 1.22. The highest BCUT2D eigenvalue weighted by Gasteiger charge is 2.12. The first-order valence-corrected chi connectivity index (χ1v) is 9.56. The number of para-hydroxylation sites is 1. The SMILES string of the molecule is Cc1cc(NC(=O)c2ccc(NC(=O)Nc3ccccc3)s2)ccc1N(C)C. The first-order valence-electron chi connectivity index (χ1n) is 8.74. The maximum atomic E-state index is 12.5. The topological polar surface area (TPSA) is 73.5 Å². The van der Waals surface area contributed by atoms with Gasteiger partial charge in [0.15, 0.2) is 0 Å². The lowest BCUT2D eigenvalue weighted by molar-refractivity contribution is 0.103. The third-order valence-electron chi connectivity index (χ3n) is 4.03. The van der Waals surface area contributed by atoms with E-state index in [0.717, 1.165) is 16.9 Å². The molecule has 0 atom stereocenters. The lowest BCUT2D eigenvalue weighted by Crippen LogP contribution is -2.18. The fraction of sp³-hybridized carbons (Fsp3) is 0.143. The van der Waals surface area contributed by atoms with Crippen molar-refractivity contribution in [3.8, 4) is 0 Å². The van der Waals surface area contributed by atoms with Crippen LogP contribution in [-0.2, 0) is 0 Å². The number of aryl methyl sites for hydroxylation is 1. The number of thiophene rings is 1. The predicted octanol–water partition coefficient (Wildman–Crippen LogP) is 5.02. The molecule has 0 fully saturated rings. The number of nitrogens with one attached hydrogen (secondary N) is 3. The van der Waals surface area contributed by atoms with Gasteiger partial charge in [-0.3, -0.25) is 10.1 Å². The molecule has 3 amide bonds. The molecule has 0 bridgehead atoms. The van der Waals surface area contributed by atoms with E-state index in [2.05, 4.69) is 16.0 Å². The average molecular weight is 395 g/mol. The Morgan fingerprint density at radius 2 is 1.61 bits per heavy atom. The molecule has 0 saturated carbocycles. The molecule has 0 aliphatic rings. The second kappa shape index (κ2) is 8.58. The highest BCUT2D eigenvalue weighted by Crippen LogP contribution is 2.25. The number of anilines is 4. The van der Waals surface area contributed by atoms with Crippen LogP contribution in [-0.4, -0.2) is 26.0 Å². The molecule has 0 radical (unpaired) electrons. The quantitative estimate of drug-likeness (QED) is 0.569. The lowest BCUT2D eigenvalue weighted by atomic mass is 10.1. The Hall–Kier alpha value is -3.32. The van der Waals surface area contributed by atoms with Gasteiger partial charge in [0.25, 0.3) is 5.91 Å². The summed E-state index contributed by atoms with van der Waals surface area (Å²) in [7, 11) is 3.96. The van der Waals surface area contributed by atoms with Crippen LogP contribution in [0.15, 0.2) is 60.7 Å². The zero-order valence-corrected chi connectivity index (χ0v) is 16.8. The molecule has 1 heterocycles. The van der Waals surface area contributed by atoms with Crippen LogP contribution < -0.4 is 20.9 Å². The van der Waals surface area contributed by atoms with Gasteiger partial charge < -0.3 is 15.5 Å². The minimum absolute atomic E-state index is 0.210. The molecule has 3 N–H and O–H groups in total. The summed E-state index contributed by atoms with van der Waals surface area (Å²) in [5.41, 5.74) is 3.61. The third-order valence-corrected chi connectivity index (χ3v) is 5.03. The zero-order chi connectivity index (χ0) is 20.1. The molecule has 3 rings (SSSR count). The summed E-state index contributed by atoms with van der Waals surface area (Å²) in [5.74, 6) is -0.210. The summed E-state index contributed by atoms with van der Waals surface area (Å²) in [5, 5.41) is 8.97. The smallest absolute Gasteiger partial charge is 0.324 e. The molecule has 0 saturated heterocycles. The van der Waals surface area contributed by atoms with Gasteiger partial charge in [-0.2, -0.15) is 0 Å². The van der Waals surface area contributed by atoms with Crippen LogP contribution >= 0.6 is 11.3 Å². The van der Waals surface area contributed by atoms with Gasteiger partial charge in [0.05, 0.1) is 9.88 Å². The van der Waals surface area contributed by atoms with Gasteiger partial charge >= 0.3 is 6.03 Å². The summed E-state index contributed by atoms with van der Waals surface area (Å²) in [6.45, 7) is 2.00. The summed E-state index contributed by atoms with van der Waals surface area (Å²) in [4.78, 5) is 27.1. The second-order valence-corrected chi connectivity index (χ2v) is 7.54. The molecular weight excluding hydrogens is 372 g/mol. The third kappa shape index (κ3) is 4.89. The van der Waals surface area contributed by atoms with Crippen LogP contribution in [0.25, 0.3) is 0 Å². The first-order chi connectivity index (χ1) is 13.4. The minimum atomic E-state index is -0.352. The average Bonchev–Trinajstić information content (AvgIpc) is 3.10. The second-order valence-electron chi connectivity index (χ2n) is 6.46. The summed E-state index contributed by atoms with van der Waals surface area (Å²) in [6, 6.07) is 18.0. The standard InChI is InChI=1S/C21H22N4O2S/c1-14-13-16(9-10-17(14)25(2)3)22-20(26)18-11-12-19(28-18)24-21(27)23-15-7-5-4-6-8-15/h4-13H,1-3H3,(H,22,26)(H2,23,24,27). The van der Waals surface area contributed by atoms with E-state index in [-0.39, 0.29) is 11.9 Å². The Balaban J connectivity index is 1.61. The van der Waals surface area contributed by atoms with E-state index in [1.807, 2.05) is 62.3 Å². The van der Waals surface area contributed by atoms with Gasteiger partial charge in [-0.05, 0) is 55.0 Å². The molecular formula is C21H22N4O2S. The largest absolute Gasteiger partial charge is 0.377 e. The van der Waals surface area contributed by atoms with Crippen LogP contribution in [0.2, 0.25) is 0 Å². The number of benzene rings is 2. The van der Waals surface area contributed by atoms with Crippen LogP contribution in [0, 0.1) is 6.92 Å². The maximum absolute atomic E-state index is 12.5. The van der Waals surface area contributed by atoms with Gasteiger partial charge in [-0.15, -0.1) is 11.3 Å². The summed E-state index contributed by atoms with van der Waals surface area (Å²) in [6.07, 6.45) is 0. The van der Waals surface area contributed by atoms with Crippen LogP contribution in [0.3, 0.4) is 0 Å². The fourth-order valence-corrected chi connectivity index (χ4v) is 3.55. The van der Waals surface area contributed by atoms with Crippen LogP contribution in [0.5, 0.6) is 0 Å². The molecule has 28 heavy (non-hydrogen) atoms. The summed E-state index contributed by atoms with van der Waals surface area (Å²) < 4.78 is 0. The normalized spacial score (nSPS) is 10.2. The number of rotatable bonds is 5. The van der Waals surface area contributed by atoms with E-state index in [1.54, 1.807) is 24.3 Å². The molecule has 1 aromatic heterocycles. The minimum Gasteiger partial charge on any atom is -0.377 e. The van der Waals surface area contributed by atoms with E-state index >= 15 is 0 Å². The van der Waals surface area contributed by atoms with Gasteiger partial charge in [0.1, 0.15) is 0 Å². The molecule has 144 valence electrons. The van der Waals surface area contributed by atoms with Gasteiger partial charge in [-0.1, -0.05) is 18.2 Å². The first kappa shape index (κ1) is 19.4. The van der Waals surface area contributed by atoms with E-state index in [4.69, 9.17) is 0 Å². The molecule has 3 aromatic rings. The number of urea groups is 1. The van der Waals surface area contributed by atoms with Gasteiger partial charge in [-0.25, -0.2) is 4.79 Å². The highest BCUT2D eigenvalue weighted by molar-refractivity contribution is 7.18. The Bertz CT molecular complexity index is 983. The molecule has 2 aromatic carbocycles. The van der Waals surface area contributed by atoms with Crippen molar-refractivity contribution in [3.63, 3.8) is 0 Å². The number of carbonyl (C=O) groups is 2. The Kier molecular flexibility index (Phi) is 5.96. The van der Waals surface area contributed by atoms with Gasteiger partial charge in [0, 0.05) is 31.2 Å². The Morgan fingerprint density at radius 1 is 0.857 bits per heavy atom. The fourth-order valence-electron chi connectivity index (χ4n) is 2.75. The lowest BCUT2D eigenvalue weighted by Gasteiger charge is -2.16. The van der Waals surface area contributed by atoms with Crippen molar-refractivity contribution < 1.29 is 9.59 Å². The van der Waals surface area contributed by atoms with E-state index in [1.165, 1.54) is 11.3 Å². The van der Waals surface area contributed by atoms with Crippen molar-refractivity contribution in [3.05, 3.63) is 71.1 Å². The van der Waals surface area contributed by atoms with E-state index < -0.39 is 0 Å². The van der Waals surface area contributed by atoms with E-state index in [0.29, 0.717) is 15.6 Å². The molecule has 6 nitrogen and oxygen atoms in total.